The van der Waals surface area contributed by atoms with Crippen LogP contribution in [0.15, 0.2) is 18.2 Å². The van der Waals surface area contributed by atoms with E-state index in [1.54, 1.807) is 17.9 Å². The zero-order valence-electron chi connectivity index (χ0n) is 11.2. The molecule has 1 saturated heterocycles. The molecule has 2 amide bonds. The molecule has 6 heteroatoms. The number of nitrogens with one attached hydrogen (secondary N) is 1. The van der Waals surface area contributed by atoms with Crippen molar-refractivity contribution in [3.8, 4) is 0 Å². The van der Waals surface area contributed by atoms with Gasteiger partial charge in [-0.1, -0.05) is 0 Å². The molecule has 1 fully saturated rings. The molecule has 1 heterocycles. The number of urea groups is 1. The molecule has 1 atom stereocenters. The Hall–Kier alpha value is -2.11. The SMILES string of the molecule is Cc1cc(F)cc(NC(=O)N2CCC(CC(=O)O)C2)c1. The second kappa shape index (κ2) is 5.90. The van der Waals surface area contributed by atoms with Crippen LogP contribution in [-0.4, -0.2) is 35.1 Å². The maximum atomic E-state index is 13.2. The lowest BCUT2D eigenvalue weighted by Gasteiger charge is -2.17. The number of hydrogen-bond donors (Lipinski definition) is 2. The van der Waals surface area contributed by atoms with E-state index in [0.29, 0.717) is 25.2 Å². The normalized spacial score (nSPS) is 18.1. The number of hydrogen-bond acceptors (Lipinski definition) is 2. The first-order valence-corrected chi connectivity index (χ1v) is 6.49. The summed E-state index contributed by atoms with van der Waals surface area (Å²) in [6.07, 6.45) is 0.755. The van der Waals surface area contributed by atoms with E-state index in [-0.39, 0.29) is 18.4 Å². The molecular weight excluding hydrogens is 263 g/mol. The second-order valence-corrected chi connectivity index (χ2v) is 5.15. The van der Waals surface area contributed by atoms with Crippen LogP contribution in [0.4, 0.5) is 14.9 Å². The molecule has 108 valence electrons. The van der Waals surface area contributed by atoms with Gasteiger partial charge in [0, 0.05) is 25.2 Å². The predicted molar refractivity (Wildman–Crippen MR) is 72.1 cm³/mol. The van der Waals surface area contributed by atoms with Gasteiger partial charge in [-0.3, -0.25) is 4.79 Å². The van der Waals surface area contributed by atoms with Gasteiger partial charge in [-0.05, 0) is 43.0 Å². The first kappa shape index (κ1) is 14.3. The molecule has 5 nitrogen and oxygen atoms in total. The number of aryl methyl sites for hydroxylation is 1. The van der Waals surface area contributed by atoms with Crippen molar-refractivity contribution in [2.75, 3.05) is 18.4 Å². The fourth-order valence-electron chi connectivity index (χ4n) is 2.44. The minimum atomic E-state index is -0.849. The fourth-order valence-corrected chi connectivity index (χ4v) is 2.44. The molecule has 0 saturated carbocycles. The van der Waals surface area contributed by atoms with Crippen LogP contribution in [0.25, 0.3) is 0 Å². The number of halogens is 1. The Balaban J connectivity index is 1.94. The molecule has 1 aromatic rings. The Kier molecular flexibility index (Phi) is 4.22. The van der Waals surface area contributed by atoms with Gasteiger partial charge in [-0.2, -0.15) is 0 Å². The van der Waals surface area contributed by atoms with Crippen molar-refractivity contribution in [3.63, 3.8) is 0 Å². The highest BCUT2D eigenvalue weighted by molar-refractivity contribution is 5.89. The van der Waals surface area contributed by atoms with E-state index < -0.39 is 11.8 Å². The highest BCUT2D eigenvalue weighted by Gasteiger charge is 2.27. The van der Waals surface area contributed by atoms with Crippen molar-refractivity contribution in [1.82, 2.24) is 4.90 Å². The van der Waals surface area contributed by atoms with Crippen molar-refractivity contribution in [2.24, 2.45) is 5.92 Å². The summed E-state index contributed by atoms with van der Waals surface area (Å²) in [6.45, 7) is 2.70. The molecule has 0 radical (unpaired) electrons. The molecule has 0 aliphatic carbocycles. The lowest BCUT2D eigenvalue weighted by atomic mass is 10.1. The Morgan fingerprint density at radius 2 is 2.20 bits per heavy atom. The first-order valence-electron chi connectivity index (χ1n) is 6.49. The fraction of sp³-hybridized carbons (Fsp3) is 0.429. The first-order chi connectivity index (χ1) is 9.44. The van der Waals surface area contributed by atoms with Gasteiger partial charge in [0.05, 0.1) is 0 Å². The van der Waals surface area contributed by atoms with Gasteiger partial charge in [0.2, 0.25) is 0 Å². The number of aliphatic carboxylic acids is 1. The van der Waals surface area contributed by atoms with E-state index in [4.69, 9.17) is 5.11 Å². The van der Waals surface area contributed by atoms with Crippen LogP contribution < -0.4 is 5.32 Å². The Morgan fingerprint density at radius 1 is 1.45 bits per heavy atom. The van der Waals surface area contributed by atoms with E-state index in [1.807, 2.05) is 0 Å². The van der Waals surface area contributed by atoms with Crippen molar-refractivity contribution in [2.45, 2.75) is 19.8 Å². The molecule has 2 rings (SSSR count). The molecular formula is C14H17FN2O3. The van der Waals surface area contributed by atoms with Crippen LogP contribution in [0, 0.1) is 18.7 Å². The van der Waals surface area contributed by atoms with Crippen LogP contribution in [0.2, 0.25) is 0 Å². The Bertz CT molecular complexity index is 513. The van der Waals surface area contributed by atoms with Crippen LogP contribution in [0.5, 0.6) is 0 Å². The number of amides is 2. The summed E-state index contributed by atoms with van der Waals surface area (Å²) in [6, 6.07) is 4.01. The number of likely N-dealkylation sites (tertiary alicyclic amines) is 1. The van der Waals surface area contributed by atoms with Gasteiger partial charge in [-0.15, -0.1) is 0 Å². The van der Waals surface area contributed by atoms with Crippen LogP contribution in [0.3, 0.4) is 0 Å². The lowest BCUT2D eigenvalue weighted by molar-refractivity contribution is -0.138. The third-order valence-corrected chi connectivity index (χ3v) is 3.33. The number of rotatable bonds is 3. The van der Waals surface area contributed by atoms with Gasteiger partial charge in [0.15, 0.2) is 0 Å². The standard InChI is InChI=1S/C14H17FN2O3/c1-9-4-11(15)7-12(5-9)16-14(20)17-3-2-10(8-17)6-13(18)19/h4-5,7,10H,2-3,6,8H2,1H3,(H,16,20)(H,18,19). The summed E-state index contributed by atoms with van der Waals surface area (Å²) in [5.74, 6) is -1.25. The third kappa shape index (κ3) is 3.69. The summed E-state index contributed by atoms with van der Waals surface area (Å²) >= 11 is 0. The maximum absolute atomic E-state index is 13.2. The minimum absolute atomic E-state index is 0.00695. The summed E-state index contributed by atoms with van der Waals surface area (Å²) in [5.41, 5.74) is 1.14. The van der Waals surface area contributed by atoms with Gasteiger partial charge >= 0.3 is 12.0 Å². The molecule has 20 heavy (non-hydrogen) atoms. The van der Waals surface area contributed by atoms with Gasteiger partial charge in [0.1, 0.15) is 5.82 Å². The summed E-state index contributed by atoms with van der Waals surface area (Å²) in [4.78, 5) is 24.2. The van der Waals surface area contributed by atoms with Crippen molar-refractivity contribution >= 4 is 17.7 Å². The van der Waals surface area contributed by atoms with Crippen molar-refractivity contribution in [1.29, 1.82) is 0 Å². The maximum Gasteiger partial charge on any atom is 0.321 e. The number of benzene rings is 1. The van der Waals surface area contributed by atoms with E-state index in [9.17, 15) is 14.0 Å². The molecule has 0 spiro atoms. The molecule has 0 bridgehead atoms. The minimum Gasteiger partial charge on any atom is -0.481 e. The van der Waals surface area contributed by atoms with Crippen LogP contribution in [0.1, 0.15) is 18.4 Å². The summed E-state index contributed by atoms with van der Waals surface area (Å²) in [5, 5.41) is 11.4. The average Bonchev–Trinajstić information content (AvgIpc) is 2.75. The zero-order valence-corrected chi connectivity index (χ0v) is 11.2. The van der Waals surface area contributed by atoms with Gasteiger partial charge < -0.3 is 15.3 Å². The molecule has 1 aromatic carbocycles. The Morgan fingerprint density at radius 3 is 2.85 bits per heavy atom. The largest absolute Gasteiger partial charge is 0.481 e. The molecule has 0 aromatic heterocycles. The smallest absolute Gasteiger partial charge is 0.321 e. The number of carboxylic acids is 1. The van der Waals surface area contributed by atoms with E-state index in [0.717, 1.165) is 5.56 Å². The van der Waals surface area contributed by atoms with Gasteiger partial charge in [0.25, 0.3) is 0 Å². The number of carbonyl (C=O) groups excluding carboxylic acids is 1. The second-order valence-electron chi connectivity index (χ2n) is 5.15. The topological polar surface area (TPSA) is 69.6 Å². The summed E-state index contributed by atoms with van der Waals surface area (Å²) < 4.78 is 13.2. The molecule has 1 unspecified atom stereocenters. The van der Waals surface area contributed by atoms with Crippen molar-refractivity contribution in [3.05, 3.63) is 29.6 Å². The third-order valence-electron chi connectivity index (χ3n) is 3.33. The Labute approximate surface area is 116 Å². The number of nitrogens with zero attached hydrogens (tertiary/aromatic N) is 1. The highest BCUT2D eigenvalue weighted by Crippen LogP contribution is 2.21. The summed E-state index contributed by atoms with van der Waals surface area (Å²) in [7, 11) is 0. The van der Waals surface area contributed by atoms with E-state index in [2.05, 4.69) is 5.32 Å². The van der Waals surface area contributed by atoms with Gasteiger partial charge in [-0.25, -0.2) is 9.18 Å². The highest BCUT2D eigenvalue weighted by atomic mass is 19.1. The van der Waals surface area contributed by atoms with E-state index >= 15 is 0 Å². The molecule has 1 aliphatic rings. The number of anilines is 1. The van der Waals surface area contributed by atoms with Crippen LogP contribution in [-0.2, 0) is 4.79 Å². The number of carboxylic acid groups (broad SMARTS) is 1. The zero-order chi connectivity index (χ0) is 14.7. The monoisotopic (exact) mass is 280 g/mol. The van der Waals surface area contributed by atoms with E-state index in [1.165, 1.54) is 12.1 Å². The van der Waals surface area contributed by atoms with Crippen LogP contribution >= 0.6 is 0 Å². The predicted octanol–water partition coefficient (Wildman–Crippen LogP) is 2.46. The molecule has 2 N–H and O–H groups in total. The van der Waals surface area contributed by atoms with Crippen molar-refractivity contribution < 1.29 is 19.1 Å². The molecule has 1 aliphatic heterocycles. The quantitative estimate of drug-likeness (QED) is 0.893. The average molecular weight is 280 g/mol. The lowest BCUT2D eigenvalue weighted by Crippen LogP contribution is -2.33. The number of carbonyl (C=O) groups is 2.